The molecule has 1 aliphatic rings. The van der Waals surface area contributed by atoms with Crippen LogP contribution in [-0.4, -0.2) is 43.6 Å². The number of nitrogens with two attached hydrogens (primary N) is 1. The number of nitrogens with zero attached hydrogens (tertiary/aromatic N) is 2. The molecule has 2 rings (SSSR count). The van der Waals surface area contributed by atoms with E-state index in [2.05, 4.69) is 4.74 Å². The second kappa shape index (κ2) is 5.94. The summed E-state index contributed by atoms with van der Waals surface area (Å²) in [6.07, 6.45) is 0. The Morgan fingerprint density at radius 3 is 2.50 bits per heavy atom. The zero-order chi connectivity index (χ0) is 14.7. The molecule has 0 aromatic heterocycles. The van der Waals surface area contributed by atoms with E-state index in [0.29, 0.717) is 26.2 Å². The summed E-state index contributed by atoms with van der Waals surface area (Å²) in [6, 6.07) is 4.81. The van der Waals surface area contributed by atoms with Crippen molar-refractivity contribution < 1.29 is 18.3 Å². The molecule has 0 atom stereocenters. The number of piperazine rings is 1. The van der Waals surface area contributed by atoms with Gasteiger partial charge in [0.25, 0.3) is 0 Å². The first-order valence-electron chi connectivity index (χ1n) is 6.32. The Balaban J connectivity index is 2.08. The van der Waals surface area contributed by atoms with Crippen molar-refractivity contribution in [3.05, 3.63) is 18.2 Å². The van der Waals surface area contributed by atoms with Gasteiger partial charge in [-0.05, 0) is 12.1 Å². The number of rotatable bonds is 3. The molecule has 1 fully saturated rings. The molecule has 0 bridgehead atoms. The molecule has 0 radical (unpaired) electrons. The largest absolute Gasteiger partial charge is 0.433 e. The number of nitrogen functional groups attached to an aromatic ring is 1. The third kappa shape index (κ3) is 3.28. The third-order valence-corrected chi connectivity index (χ3v) is 3.30. The van der Waals surface area contributed by atoms with Crippen LogP contribution in [0.2, 0.25) is 0 Å². The molecule has 1 amide bonds. The van der Waals surface area contributed by atoms with Crippen LogP contribution in [0.15, 0.2) is 18.2 Å². The van der Waals surface area contributed by atoms with Crippen LogP contribution in [0.1, 0.15) is 6.92 Å². The van der Waals surface area contributed by atoms with Crippen LogP contribution in [0.5, 0.6) is 5.75 Å². The molecule has 2 N–H and O–H groups in total. The van der Waals surface area contributed by atoms with Gasteiger partial charge in [0.2, 0.25) is 5.91 Å². The summed E-state index contributed by atoms with van der Waals surface area (Å²) in [5.74, 6) is 0.0233. The summed E-state index contributed by atoms with van der Waals surface area (Å²) < 4.78 is 28.9. The molecule has 110 valence electrons. The number of ether oxygens (including phenoxy) is 1. The van der Waals surface area contributed by atoms with Gasteiger partial charge in [0, 0.05) is 44.9 Å². The van der Waals surface area contributed by atoms with E-state index < -0.39 is 6.61 Å². The summed E-state index contributed by atoms with van der Waals surface area (Å²) >= 11 is 0. The number of alkyl halides is 2. The monoisotopic (exact) mass is 285 g/mol. The molecular weight excluding hydrogens is 268 g/mol. The van der Waals surface area contributed by atoms with Crippen molar-refractivity contribution in [2.24, 2.45) is 0 Å². The van der Waals surface area contributed by atoms with E-state index >= 15 is 0 Å². The molecule has 5 nitrogen and oxygen atoms in total. The highest BCUT2D eigenvalue weighted by Gasteiger charge is 2.20. The van der Waals surface area contributed by atoms with Crippen LogP contribution in [0.3, 0.4) is 0 Å². The first kappa shape index (κ1) is 14.4. The van der Waals surface area contributed by atoms with Gasteiger partial charge in [0.15, 0.2) is 5.75 Å². The second-order valence-electron chi connectivity index (χ2n) is 4.59. The zero-order valence-electron chi connectivity index (χ0n) is 11.2. The fourth-order valence-corrected chi connectivity index (χ4v) is 2.20. The minimum Gasteiger partial charge on any atom is -0.433 e. The molecule has 0 saturated carbocycles. The Labute approximate surface area is 115 Å². The van der Waals surface area contributed by atoms with E-state index in [1.807, 2.05) is 4.90 Å². The first-order chi connectivity index (χ1) is 9.47. The minimum atomic E-state index is -2.90. The highest BCUT2D eigenvalue weighted by molar-refractivity contribution is 5.73. The molecule has 1 aliphatic heterocycles. The van der Waals surface area contributed by atoms with Crippen LogP contribution in [0, 0.1) is 0 Å². The molecule has 20 heavy (non-hydrogen) atoms. The van der Waals surface area contributed by atoms with Crippen molar-refractivity contribution in [2.45, 2.75) is 13.5 Å². The van der Waals surface area contributed by atoms with Gasteiger partial charge in [0.05, 0.1) is 5.69 Å². The number of benzene rings is 1. The molecule has 0 unspecified atom stereocenters. The Bertz CT molecular complexity index is 489. The van der Waals surface area contributed by atoms with Crippen LogP contribution >= 0.6 is 0 Å². The van der Waals surface area contributed by atoms with Gasteiger partial charge in [-0.1, -0.05) is 0 Å². The predicted octanol–water partition coefficient (Wildman–Crippen LogP) is 1.54. The number of carbonyl (C=O) groups excluding carboxylic acids is 1. The Morgan fingerprint density at radius 2 is 1.95 bits per heavy atom. The summed E-state index contributed by atoms with van der Waals surface area (Å²) in [5.41, 5.74) is 6.54. The van der Waals surface area contributed by atoms with Crippen molar-refractivity contribution >= 4 is 17.3 Å². The first-order valence-corrected chi connectivity index (χ1v) is 6.32. The van der Waals surface area contributed by atoms with Crippen molar-refractivity contribution in [3.63, 3.8) is 0 Å². The maximum Gasteiger partial charge on any atom is 0.387 e. The molecule has 0 aliphatic carbocycles. The fourth-order valence-electron chi connectivity index (χ4n) is 2.20. The lowest BCUT2D eigenvalue weighted by Crippen LogP contribution is -2.48. The number of anilines is 2. The molecule has 1 aromatic rings. The highest BCUT2D eigenvalue weighted by Crippen LogP contribution is 2.29. The van der Waals surface area contributed by atoms with Crippen molar-refractivity contribution in [1.82, 2.24) is 4.90 Å². The van der Waals surface area contributed by atoms with Crippen LogP contribution in [-0.2, 0) is 4.79 Å². The Morgan fingerprint density at radius 1 is 1.30 bits per heavy atom. The van der Waals surface area contributed by atoms with Gasteiger partial charge in [-0.3, -0.25) is 4.79 Å². The van der Waals surface area contributed by atoms with Crippen molar-refractivity contribution in [2.75, 3.05) is 36.8 Å². The van der Waals surface area contributed by atoms with E-state index in [1.54, 1.807) is 17.0 Å². The Kier molecular flexibility index (Phi) is 4.26. The summed E-state index contributed by atoms with van der Waals surface area (Å²) in [7, 11) is 0. The maximum absolute atomic E-state index is 12.3. The zero-order valence-corrected chi connectivity index (χ0v) is 11.2. The average molecular weight is 285 g/mol. The van der Waals surface area contributed by atoms with Gasteiger partial charge >= 0.3 is 6.61 Å². The van der Waals surface area contributed by atoms with Gasteiger partial charge in [0.1, 0.15) is 0 Å². The lowest BCUT2D eigenvalue weighted by molar-refractivity contribution is -0.129. The maximum atomic E-state index is 12.3. The topological polar surface area (TPSA) is 58.8 Å². The number of amides is 1. The van der Waals surface area contributed by atoms with E-state index in [4.69, 9.17) is 5.73 Å². The summed E-state index contributed by atoms with van der Waals surface area (Å²) in [5, 5.41) is 0. The van der Waals surface area contributed by atoms with E-state index in [1.165, 1.54) is 13.0 Å². The molecule has 7 heteroatoms. The molecule has 0 spiro atoms. The van der Waals surface area contributed by atoms with Crippen LogP contribution < -0.4 is 15.4 Å². The summed E-state index contributed by atoms with van der Waals surface area (Å²) in [4.78, 5) is 15.0. The Hall–Kier alpha value is -2.05. The fraction of sp³-hybridized carbons (Fsp3) is 0.462. The quantitative estimate of drug-likeness (QED) is 0.856. The standard InChI is InChI=1S/C13H17F2N3O2/c1-9(19)17-4-6-18(7-5-17)10-2-3-11(16)12(8-10)20-13(14)15/h2-3,8,13H,4-7,16H2,1H3. The number of halogens is 2. The molecule has 1 aromatic carbocycles. The molecular formula is C13H17F2N3O2. The number of hydrogen-bond acceptors (Lipinski definition) is 4. The minimum absolute atomic E-state index is 0.0218. The van der Waals surface area contributed by atoms with Crippen molar-refractivity contribution in [3.8, 4) is 5.75 Å². The van der Waals surface area contributed by atoms with Crippen molar-refractivity contribution in [1.29, 1.82) is 0 Å². The van der Waals surface area contributed by atoms with Gasteiger partial charge in [-0.15, -0.1) is 0 Å². The van der Waals surface area contributed by atoms with E-state index in [9.17, 15) is 13.6 Å². The number of hydrogen-bond donors (Lipinski definition) is 1. The predicted molar refractivity (Wildman–Crippen MR) is 72.0 cm³/mol. The van der Waals surface area contributed by atoms with Gasteiger partial charge in [-0.2, -0.15) is 8.78 Å². The van der Waals surface area contributed by atoms with E-state index in [0.717, 1.165) is 5.69 Å². The van der Waals surface area contributed by atoms with Gasteiger partial charge in [-0.25, -0.2) is 0 Å². The lowest BCUT2D eigenvalue weighted by Gasteiger charge is -2.35. The second-order valence-corrected chi connectivity index (χ2v) is 4.59. The highest BCUT2D eigenvalue weighted by atomic mass is 19.3. The van der Waals surface area contributed by atoms with Gasteiger partial charge < -0.3 is 20.3 Å². The molecule has 1 heterocycles. The van der Waals surface area contributed by atoms with E-state index in [-0.39, 0.29) is 17.3 Å². The average Bonchev–Trinajstić information content (AvgIpc) is 2.41. The molecule has 1 saturated heterocycles. The number of carbonyl (C=O) groups is 1. The normalized spacial score (nSPS) is 15.6. The SMILES string of the molecule is CC(=O)N1CCN(c2ccc(N)c(OC(F)F)c2)CC1. The smallest absolute Gasteiger partial charge is 0.387 e. The third-order valence-electron chi connectivity index (χ3n) is 3.30. The van der Waals surface area contributed by atoms with Crippen LogP contribution in [0.25, 0.3) is 0 Å². The lowest BCUT2D eigenvalue weighted by atomic mass is 10.2. The van der Waals surface area contributed by atoms with Crippen LogP contribution in [0.4, 0.5) is 20.2 Å². The summed E-state index contributed by atoms with van der Waals surface area (Å²) in [6.45, 7) is 1.17.